The zero-order chi connectivity index (χ0) is 13.1. The number of carbonyl (C=O) groups excluding carboxylic acids is 1. The molecule has 1 fully saturated rings. The summed E-state index contributed by atoms with van der Waals surface area (Å²) in [6.45, 7) is 0. The quantitative estimate of drug-likeness (QED) is 0.870. The van der Waals surface area contributed by atoms with E-state index in [1.54, 1.807) is 0 Å². The number of rotatable bonds is 3. The molecule has 0 bridgehead atoms. The third kappa shape index (κ3) is 3.31. The fraction of sp³-hybridized carbons (Fsp3) is 0.500. The molecule has 0 aromatic carbocycles. The van der Waals surface area contributed by atoms with Crippen LogP contribution in [-0.2, 0) is 0 Å². The van der Waals surface area contributed by atoms with Gasteiger partial charge in [-0.05, 0) is 31.6 Å². The lowest BCUT2D eigenvalue weighted by molar-refractivity contribution is 0.0938. The van der Waals surface area contributed by atoms with Gasteiger partial charge < -0.3 is 5.32 Å². The molecule has 2 atom stereocenters. The highest BCUT2D eigenvalue weighted by Gasteiger charge is 2.26. The van der Waals surface area contributed by atoms with Crippen molar-refractivity contribution in [3.8, 4) is 0 Å². The Labute approximate surface area is 121 Å². The Morgan fingerprint density at radius 1 is 1.50 bits per heavy atom. The number of aromatic nitrogens is 1. The van der Waals surface area contributed by atoms with Crippen LogP contribution < -0.4 is 5.32 Å². The molecule has 1 heterocycles. The van der Waals surface area contributed by atoms with Gasteiger partial charge >= 0.3 is 0 Å². The van der Waals surface area contributed by atoms with Crippen LogP contribution in [0.15, 0.2) is 12.3 Å². The molecule has 18 heavy (non-hydrogen) atoms. The average Bonchev–Trinajstić information content (AvgIpc) is 2.80. The monoisotopic (exact) mass is 304 g/mol. The number of pyridine rings is 1. The predicted octanol–water partition coefficient (Wildman–Crippen LogP) is 3.40. The molecular formula is C12H14Cl2N2OS. The molecule has 3 nitrogen and oxygen atoms in total. The van der Waals surface area contributed by atoms with Crippen LogP contribution in [0, 0.1) is 0 Å². The number of thioether (sulfide) groups is 1. The maximum absolute atomic E-state index is 12.1. The van der Waals surface area contributed by atoms with Crippen LogP contribution in [0.3, 0.4) is 0 Å². The van der Waals surface area contributed by atoms with Crippen molar-refractivity contribution < 1.29 is 4.79 Å². The summed E-state index contributed by atoms with van der Waals surface area (Å²) >= 11 is 13.6. The second-order valence-electron chi connectivity index (χ2n) is 4.33. The summed E-state index contributed by atoms with van der Waals surface area (Å²) < 4.78 is 0. The Morgan fingerprint density at radius 2 is 2.28 bits per heavy atom. The first-order chi connectivity index (χ1) is 8.60. The Balaban J connectivity index is 2.02. The van der Waals surface area contributed by atoms with Crippen LogP contribution in [0.2, 0.25) is 10.2 Å². The van der Waals surface area contributed by atoms with Crippen molar-refractivity contribution in [1.82, 2.24) is 10.3 Å². The second kappa shape index (κ2) is 6.13. The first-order valence-corrected chi connectivity index (χ1v) is 7.79. The van der Waals surface area contributed by atoms with Crippen molar-refractivity contribution in [2.75, 3.05) is 6.26 Å². The Bertz CT molecular complexity index is 456. The minimum atomic E-state index is -0.170. The number of nitrogens with one attached hydrogen (secondary N) is 1. The van der Waals surface area contributed by atoms with E-state index in [-0.39, 0.29) is 17.1 Å². The normalized spacial score (nSPS) is 23.1. The topological polar surface area (TPSA) is 42.0 Å². The molecule has 1 aliphatic carbocycles. The maximum atomic E-state index is 12.1. The van der Waals surface area contributed by atoms with Gasteiger partial charge in [-0.2, -0.15) is 11.8 Å². The van der Waals surface area contributed by atoms with Crippen molar-refractivity contribution >= 4 is 40.9 Å². The van der Waals surface area contributed by atoms with Crippen molar-refractivity contribution in [3.63, 3.8) is 0 Å². The summed E-state index contributed by atoms with van der Waals surface area (Å²) in [4.78, 5) is 15.9. The van der Waals surface area contributed by atoms with Gasteiger partial charge in [0.05, 0.1) is 10.6 Å². The SMILES string of the molecule is CSC1CCC(NC(=O)c2cc(Cl)ncc2Cl)C1. The van der Waals surface area contributed by atoms with Crippen LogP contribution in [-0.4, -0.2) is 28.4 Å². The van der Waals surface area contributed by atoms with Crippen LogP contribution in [0.4, 0.5) is 0 Å². The van der Waals surface area contributed by atoms with E-state index in [1.807, 2.05) is 11.8 Å². The van der Waals surface area contributed by atoms with Crippen molar-refractivity contribution in [1.29, 1.82) is 0 Å². The van der Waals surface area contributed by atoms with Gasteiger partial charge in [-0.3, -0.25) is 4.79 Å². The summed E-state index contributed by atoms with van der Waals surface area (Å²) in [5.41, 5.74) is 0.393. The van der Waals surface area contributed by atoms with E-state index in [4.69, 9.17) is 23.2 Å². The highest BCUT2D eigenvalue weighted by atomic mass is 35.5. The number of amides is 1. The number of carbonyl (C=O) groups is 1. The molecule has 0 radical (unpaired) electrons. The third-order valence-corrected chi connectivity index (χ3v) is 4.72. The van der Waals surface area contributed by atoms with Gasteiger partial charge in [0.1, 0.15) is 5.15 Å². The Kier molecular flexibility index (Phi) is 4.76. The largest absolute Gasteiger partial charge is 0.349 e. The van der Waals surface area contributed by atoms with Gasteiger partial charge in [-0.25, -0.2) is 4.98 Å². The molecule has 2 rings (SSSR count). The summed E-state index contributed by atoms with van der Waals surface area (Å²) in [6, 6.07) is 1.73. The fourth-order valence-corrected chi connectivity index (χ4v) is 3.28. The zero-order valence-electron chi connectivity index (χ0n) is 9.95. The standard InChI is InChI=1S/C12H14Cl2N2OS/c1-18-8-3-2-7(4-8)16-12(17)9-5-11(14)15-6-10(9)13/h5-8H,2-4H2,1H3,(H,16,17). The van der Waals surface area contributed by atoms with E-state index in [0.29, 0.717) is 15.8 Å². The lowest BCUT2D eigenvalue weighted by Crippen LogP contribution is -2.33. The second-order valence-corrected chi connectivity index (χ2v) is 6.26. The summed E-state index contributed by atoms with van der Waals surface area (Å²) in [5, 5.41) is 4.26. The molecule has 6 heteroatoms. The lowest BCUT2D eigenvalue weighted by Gasteiger charge is -2.13. The highest BCUT2D eigenvalue weighted by Crippen LogP contribution is 2.28. The number of halogens is 2. The molecule has 1 amide bonds. The van der Waals surface area contributed by atoms with Gasteiger partial charge in [-0.1, -0.05) is 23.2 Å². The number of hydrogen-bond acceptors (Lipinski definition) is 3. The molecule has 1 aliphatic rings. The van der Waals surface area contributed by atoms with Crippen LogP contribution in [0.1, 0.15) is 29.6 Å². The fourth-order valence-electron chi connectivity index (χ4n) is 2.14. The summed E-state index contributed by atoms with van der Waals surface area (Å²) in [5.74, 6) is -0.170. The molecule has 0 aliphatic heterocycles. The molecule has 2 unspecified atom stereocenters. The van der Waals surface area contributed by atoms with E-state index in [9.17, 15) is 4.79 Å². The number of nitrogens with zero attached hydrogens (tertiary/aromatic N) is 1. The lowest BCUT2D eigenvalue weighted by atomic mass is 10.2. The molecule has 0 spiro atoms. The zero-order valence-corrected chi connectivity index (χ0v) is 12.3. The number of hydrogen-bond donors (Lipinski definition) is 1. The van der Waals surface area contributed by atoms with Gasteiger partial charge in [0, 0.05) is 17.5 Å². The Hall–Kier alpha value is -0.450. The first-order valence-electron chi connectivity index (χ1n) is 5.75. The predicted molar refractivity (Wildman–Crippen MR) is 76.7 cm³/mol. The van der Waals surface area contributed by atoms with E-state index in [0.717, 1.165) is 19.3 Å². The van der Waals surface area contributed by atoms with Crippen molar-refractivity contribution in [3.05, 3.63) is 28.0 Å². The van der Waals surface area contributed by atoms with Crippen LogP contribution in [0.25, 0.3) is 0 Å². The Morgan fingerprint density at radius 3 is 2.94 bits per heavy atom. The molecular weight excluding hydrogens is 291 g/mol. The van der Waals surface area contributed by atoms with Gasteiger partial charge in [0.25, 0.3) is 5.91 Å². The minimum absolute atomic E-state index is 0.170. The molecule has 98 valence electrons. The maximum Gasteiger partial charge on any atom is 0.253 e. The molecule has 1 aromatic rings. The van der Waals surface area contributed by atoms with E-state index in [2.05, 4.69) is 16.6 Å². The van der Waals surface area contributed by atoms with Gasteiger partial charge in [0.2, 0.25) is 0 Å². The van der Waals surface area contributed by atoms with Crippen LogP contribution in [0.5, 0.6) is 0 Å². The van der Waals surface area contributed by atoms with Crippen LogP contribution >= 0.6 is 35.0 Å². The van der Waals surface area contributed by atoms with Gasteiger partial charge in [0.15, 0.2) is 0 Å². The molecule has 1 aromatic heterocycles. The smallest absolute Gasteiger partial charge is 0.253 e. The molecule has 0 saturated heterocycles. The molecule has 1 saturated carbocycles. The van der Waals surface area contributed by atoms with E-state index < -0.39 is 0 Å². The summed E-state index contributed by atoms with van der Waals surface area (Å²) in [7, 11) is 0. The van der Waals surface area contributed by atoms with Crippen molar-refractivity contribution in [2.45, 2.75) is 30.6 Å². The van der Waals surface area contributed by atoms with E-state index in [1.165, 1.54) is 12.3 Å². The highest BCUT2D eigenvalue weighted by molar-refractivity contribution is 7.99. The van der Waals surface area contributed by atoms with E-state index >= 15 is 0 Å². The van der Waals surface area contributed by atoms with Gasteiger partial charge in [-0.15, -0.1) is 0 Å². The average molecular weight is 305 g/mol. The van der Waals surface area contributed by atoms with Crippen molar-refractivity contribution in [2.24, 2.45) is 0 Å². The summed E-state index contributed by atoms with van der Waals surface area (Å²) in [6.07, 6.45) is 6.69. The minimum Gasteiger partial charge on any atom is -0.349 e. The molecule has 1 N–H and O–H groups in total. The first kappa shape index (κ1) is 14.0. The third-order valence-electron chi connectivity index (χ3n) is 3.12.